The van der Waals surface area contributed by atoms with Crippen LogP contribution in [0.25, 0.3) is 0 Å². The quantitative estimate of drug-likeness (QED) is 0.802. The van der Waals surface area contributed by atoms with Gasteiger partial charge in [-0.05, 0) is 25.0 Å². The fourth-order valence-electron chi connectivity index (χ4n) is 2.08. The van der Waals surface area contributed by atoms with Crippen molar-refractivity contribution in [1.82, 2.24) is 0 Å². The minimum atomic E-state index is -0.747. The van der Waals surface area contributed by atoms with Gasteiger partial charge in [0.05, 0.1) is 13.2 Å². The lowest BCUT2D eigenvalue weighted by molar-refractivity contribution is -0.172. The Kier molecular flexibility index (Phi) is 4.10. The normalized spacial score (nSPS) is 18.5. The van der Waals surface area contributed by atoms with Crippen LogP contribution >= 0.6 is 0 Å². The van der Waals surface area contributed by atoms with Gasteiger partial charge >= 0.3 is 0 Å². The van der Waals surface area contributed by atoms with E-state index in [0.717, 1.165) is 18.4 Å². The highest BCUT2D eigenvalue weighted by molar-refractivity contribution is 5.21. The average molecular weight is 240 g/mol. The topological polar surface area (TPSA) is 38.7 Å². The van der Waals surface area contributed by atoms with Crippen molar-refractivity contribution < 1.29 is 19.0 Å². The Morgan fingerprint density at radius 2 is 1.76 bits per heavy atom. The summed E-state index contributed by atoms with van der Waals surface area (Å²) >= 11 is 0. The van der Waals surface area contributed by atoms with Crippen LogP contribution in [0.1, 0.15) is 24.8 Å². The molecule has 1 aliphatic heterocycles. The van der Waals surface area contributed by atoms with E-state index >= 15 is 0 Å². The summed E-state index contributed by atoms with van der Waals surface area (Å²) in [5.41, 5.74) is 0.842. The van der Waals surface area contributed by atoms with E-state index in [1.807, 2.05) is 0 Å². The summed E-state index contributed by atoms with van der Waals surface area (Å²) in [5, 5.41) is 8.80. The predicted molar refractivity (Wildman–Crippen MR) is 60.9 cm³/mol. The van der Waals surface area contributed by atoms with Crippen molar-refractivity contribution in [2.75, 3.05) is 19.8 Å². The highest BCUT2D eigenvalue weighted by Crippen LogP contribution is 2.36. The number of aliphatic hydroxyl groups is 1. The molecule has 3 nitrogen and oxygen atoms in total. The molecule has 1 aromatic rings. The van der Waals surface area contributed by atoms with Gasteiger partial charge in [-0.1, -0.05) is 12.1 Å². The summed E-state index contributed by atoms with van der Waals surface area (Å²) in [5.74, 6) is -1.01. The van der Waals surface area contributed by atoms with Gasteiger partial charge in [-0.2, -0.15) is 0 Å². The van der Waals surface area contributed by atoms with E-state index in [-0.39, 0.29) is 12.4 Å². The van der Waals surface area contributed by atoms with Gasteiger partial charge in [-0.3, -0.25) is 0 Å². The van der Waals surface area contributed by atoms with Crippen LogP contribution in [0.2, 0.25) is 0 Å². The molecule has 0 aliphatic carbocycles. The number of unbranched alkanes of at least 4 members (excludes halogenated alkanes) is 1. The first-order valence-electron chi connectivity index (χ1n) is 5.92. The fraction of sp³-hybridized carbons (Fsp3) is 0.538. The summed E-state index contributed by atoms with van der Waals surface area (Å²) < 4.78 is 24.3. The molecule has 1 aliphatic rings. The van der Waals surface area contributed by atoms with Gasteiger partial charge in [0, 0.05) is 18.6 Å². The zero-order valence-corrected chi connectivity index (χ0v) is 9.69. The molecule has 94 valence electrons. The lowest BCUT2D eigenvalue weighted by atomic mass is 9.99. The van der Waals surface area contributed by atoms with Gasteiger partial charge in [0.15, 0.2) is 5.79 Å². The molecule has 0 saturated carbocycles. The lowest BCUT2D eigenvalue weighted by Gasteiger charge is -2.27. The molecular weight excluding hydrogens is 223 g/mol. The molecule has 0 spiro atoms. The standard InChI is InChI=1S/C13H17FO3/c14-12-5-3-11(4-6-12)13(7-1-2-8-15)16-9-10-17-13/h3-6,15H,1-2,7-10H2. The van der Waals surface area contributed by atoms with Gasteiger partial charge in [0.2, 0.25) is 0 Å². The highest BCUT2D eigenvalue weighted by atomic mass is 19.1. The third-order valence-corrected chi connectivity index (χ3v) is 2.95. The maximum atomic E-state index is 12.9. The SMILES string of the molecule is OCCCCC1(c2ccc(F)cc2)OCCO1. The van der Waals surface area contributed by atoms with E-state index in [1.54, 1.807) is 12.1 Å². The summed E-state index contributed by atoms with van der Waals surface area (Å²) in [6, 6.07) is 6.21. The number of ether oxygens (including phenoxy) is 2. The highest BCUT2D eigenvalue weighted by Gasteiger charge is 2.37. The maximum absolute atomic E-state index is 12.9. The van der Waals surface area contributed by atoms with Crippen LogP contribution < -0.4 is 0 Å². The molecular formula is C13H17FO3. The monoisotopic (exact) mass is 240 g/mol. The van der Waals surface area contributed by atoms with Crippen LogP contribution in [0.5, 0.6) is 0 Å². The Bertz CT molecular complexity index is 344. The first-order valence-corrected chi connectivity index (χ1v) is 5.92. The summed E-state index contributed by atoms with van der Waals surface area (Å²) in [6.45, 7) is 1.27. The molecule has 1 fully saturated rings. The molecule has 0 atom stereocenters. The fourth-order valence-corrected chi connectivity index (χ4v) is 2.08. The first kappa shape index (κ1) is 12.5. The van der Waals surface area contributed by atoms with E-state index in [2.05, 4.69) is 0 Å². The Labute approximate surface area is 100 Å². The van der Waals surface area contributed by atoms with Crippen LogP contribution in [-0.4, -0.2) is 24.9 Å². The van der Waals surface area contributed by atoms with E-state index in [9.17, 15) is 4.39 Å². The van der Waals surface area contributed by atoms with E-state index in [0.29, 0.717) is 19.6 Å². The summed E-state index contributed by atoms with van der Waals surface area (Å²) in [4.78, 5) is 0. The van der Waals surface area contributed by atoms with Crippen LogP contribution in [-0.2, 0) is 15.3 Å². The molecule has 17 heavy (non-hydrogen) atoms. The van der Waals surface area contributed by atoms with E-state index in [4.69, 9.17) is 14.6 Å². The average Bonchev–Trinajstić information content (AvgIpc) is 2.80. The molecule has 0 unspecified atom stereocenters. The maximum Gasteiger partial charge on any atom is 0.194 e. The van der Waals surface area contributed by atoms with Crippen molar-refractivity contribution in [3.8, 4) is 0 Å². The minimum absolute atomic E-state index is 0.166. The second-order valence-electron chi connectivity index (χ2n) is 4.14. The molecule has 0 aromatic heterocycles. The smallest absolute Gasteiger partial charge is 0.194 e. The largest absolute Gasteiger partial charge is 0.396 e. The van der Waals surface area contributed by atoms with Crippen LogP contribution in [0.4, 0.5) is 4.39 Å². The molecule has 2 rings (SSSR count). The first-order chi connectivity index (χ1) is 8.27. The molecule has 1 aromatic carbocycles. The molecule has 4 heteroatoms. The van der Waals surface area contributed by atoms with Gasteiger partial charge in [-0.15, -0.1) is 0 Å². The second kappa shape index (κ2) is 5.58. The van der Waals surface area contributed by atoms with Crippen molar-refractivity contribution in [2.45, 2.75) is 25.0 Å². The third-order valence-electron chi connectivity index (χ3n) is 2.95. The number of halogens is 1. The number of aliphatic hydroxyl groups excluding tert-OH is 1. The van der Waals surface area contributed by atoms with Crippen LogP contribution in [0.3, 0.4) is 0 Å². The molecule has 0 amide bonds. The van der Waals surface area contributed by atoms with E-state index in [1.165, 1.54) is 12.1 Å². The van der Waals surface area contributed by atoms with E-state index < -0.39 is 5.79 Å². The Morgan fingerprint density at radius 1 is 1.12 bits per heavy atom. The zero-order chi connectivity index (χ0) is 12.1. The van der Waals surface area contributed by atoms with Crippen molar-refractivity contribution >= 4 is 0 Å². The summed E-state index contributed by atoms with van der Waals surface area (Å²) in [7, 11) is 0. The van der Waals surface area contributed by atoms with Crippen LogP contribution in [0, 0.1) is 5.82 Å². The number of hydrogen-bond donors (Lipinski definition) is 1. The number of benzene rings is 1. The predicted octanol–water partition coefficient (Wildman–Crippen LogP) is 2.19. The number of rotatable bonds is 5. The lowest BCUT2D eigenvalue weighted by Crippen LogP contribution is -2.27. The number of hydrogen-bond acceptors (Lipinski definition) is 3. The Morgan fingerprint density at radius 3 is 2.35 bits per heavy atom. The van der Waals surface area contributed by atoms with Crippen molar-refractivity contribution in [1.29, 1.82) is 0 Å². The van der Waals surface area contributed by atoms with Crippen LogP contribution in [0.15, 0.2) is 24.3 Å². The molecule has 1 heterocycles. The summed E-state index contributed by atoms with van der Waals surface area (Å²) in [6.07, 6.45) is 2.21. The minimum Gasteiger partial charge on any atom is -0.396 e. The molecule has 1 saturated heterocycles. The van der Waals surface area contributed by atoms with Gasteiger partial charge in [0.1, 0.15) is 5.82 Å². The molecule has 0 bridgehead atoms. The van der Waals surface area contributed by atoms with Gasteiger partial charge in [-0.25, -0.2) is 4.39 Å². The Balaban J connectivity index is 2.12. The second-order valence-corrected chi connectivity index (χ2v) is 4.14. The van der Waals surface area contributed by atoms with Gasteiger partial charge < -0.3 is 14.6 Å². The molecule has 1 N–H and O–H groups in total. The van der Waals surface area contributed by atoms with Crippen molar-refractivity contribution in [3.05, 3.63) is 35.6 Å². The van der Waals surface area contributed by atoms with Gasteiger partial charge in [0.25, 0.3) is 0 Å². The zero-order valence-electron chi connectivity index (χ0n) is 9.69. The van der Waals surface area contributed by atoms with Crippen molar-refractivity contribution in [3.63, 3.8) is 0 Å². The Hall–Kier alpha value is -0.970. The third kappa shape index (κ3) is 2.83. The van der Waals surface area contributed by atoms with Crippen molar-refractivity contribution in [2.24, 2.45) is 0 Å². The molecule has 0 radical (unpaired) electrons.